The molecular weight excluding hydrogens is 392 g/mol. The number of fused-ring (bicyclic) bond motifs is 1. The first kappa shape index (κ1) is 20.9. The largest absolute Gasteiger partial charge is 0.497 e. The van der Waals surface area contributed by atoms with Crippen molar-refractivity contribution in [2.75, 3.05) is 17.7 Å². The fraction of sp³-hybridized carbons (Fsp3) is 0.381. The molecule has 0 saturated carbocycles. The van der Waals surface area contributed by atoms with Gasteiger partial charge in [0.05, 0.1) is 19.1 Å². The summed E-state index contributed by atoms with van der Waals surface area (Å²) in [6, 6.07) is 7.07. The maximum atomic E-state index is 13.1. The average molecular weight is 416 g/mol. The highest BCUT2D eigenvalue weighted by atomic mass is 32.1. The number of carbonyl (C=O) groups is 3. The Labute approximate surface area is 173 Å². The minimum absolute atomic E-state index is 0.134. The van der Waals surface area contributed by atoms with Gasteiger partial charge in [0.15, 0.2) is 0 Å². The summed E-state index contributed by atoms with van der Waals surface area (Å²) in [5.41, 5.74) is 2.05. The van der Waals surface area contributed by atoms with Gasteiger partial charge in [0.2, 0.25) is 5.91 Å². The first-order valence-electron chi connectivity index (χ1n) is 9.49. The van der Waals surface area contributed by atoms with Crippen LogP contribution in [0.1, 0.15) is 47.0 Å². The highest BCUT2D eigenvalue weighted by Crippen LogP contribution is 2.40. The summed E-state index contributed by atoms with van der Waals surface area (Å²) in [4.78, 5) is 37.1. The van der Waals surface area contributed by atoms with Gasteiger partial charge >= 0.3 is 5.97 Å². The lowest BCUT2D eigenvalue weighted by molar-refractivity contribution is -0.138. The van der Waals surface area contributed by atoms with Gasteiger partial charge in [-0.15, -0.1) is 11.3 Å². The van der Waals surface area contributed by atoms with Crippen molar-refractivity contribution in [2.24, 2.45) is 5.92 Å². The fourth-order valence-electron chi connectivity index (χ4n) is 3.38. The monoisotopic (exact) mass is 416 g/mol. The number of thiophene rings is 1. The maximum absolute atomic E-state index is 13.1. The molecule has 3 N–H and O–H groups in total. The smallest absolute Gasteiger partial charge is 0.303 e. The first-order valence-corrected chi connectivity index (χ1v) is 10.3. The van der Waals surface area contributed by atoms with E-state index in [1.54, 1.807) is 31.4 Å². The van der Waals surface area contributed by atoms with Crippen LogP contribution in [0.5, 0.6) is 5.75 Å². The second-order valence-corrected chi connectivity index (χ2v) is 8.29. The van der Waals surface area contributed by atoms with Gasteiger partial charge in [-0.25, -0.2) is 0 Å². The van der Waals surface area contributed by atoms with E-state index in [0.29, 0.717) is 27.9 Å². The number of rotatable bonds is 7. The molecule has 3 rings (SSSR count). The summed E-state index contributed by atoms with van der Waals surface area (Å²) < 4.78 is 5.20. The molecule has 0 spiro atoms. The van der Waals surface area contributed by atoms with Gasteiger partial charge in [0, 0.05) is 23.1 Å². The first-order chi connectivity index (χ1) is 13.9. The normalized spacial score (nSPS) is 15.3. The molecule has 7 nitrogen and oxygen atoms in total. The molecule has 1 heterocycles. The molecule has 8 heteroatoms. The van der Waals surface area contributed by atoms with Gasteiger partial charge in [0.25, 0.3) is 5.91 Å². The summed E-state index contributed by atoms with van der Waals surface area (Å²) in [6.07, 6.45) is 2.24. The third-order valence-corrected chi connectivity index (χ3v) is 6.06. The number of ether oxygens (including phenoxy) is 1. The van der Waals surface area contributed by atoms with Crippen LogP contribution in [0.15, 0.2) is 24.3 Å². The highest BCUT2D eigenvalue weighted by molar-refractivity contribution is 7.17. The lowest BCUT2D eigenvalue weighted by atomic mass is 9.88. The van der Waals surface area contributed by atoms with Gasteiger partial charge < -0.3 is 20.5 Å². The van der Waals surface area contributed by atoms with E-state index in [-0.39, 0.29) is 18.7 Å². The lowest BCUT2D eigenvalue weighted by Crippen LogP contribution is -2.19. The molecule has 1 aromatic heterocycles. The van der Waals surface area contributed by atoms with Crippen LogP contribution in [0, 0.1) is 5.92 Å². The minimum Gasteiger partial charge on any atom is -0.497 e. The van der Waals surface area contributed by atoms with Crippen LogP contribution in [-0.2, 0) is 22.4 Å². The number of nitrogens with one attached hydrogen (secondary N) is 2. The molecule has 0 bridgehead atoms. The van der Waals surface area contributed by atoms with Crippen LogP contribution in [0.4, 0.5) is 10.7 Å². The third kappa shape index (κ3) is 5.14. The lowest BCUT2D eigenvalue weighted by Gasteiger charge is -2.18. The van der Waals surface area contributed by atoms with Crippen LogP contribution < -0.4 is 15.4 Å². The van der Waals surface area contributed by atoms with E-state index in [1.807, 2.05) is 0 Å². The van der Waals surface area contributed by atoms with E-state index in [2.05, 4.69) is 17.6 Å². The Morgan fingerprint density at radius 2 is 2.03 bits per heavy atom. The summed E-state index contributed by atoms with van der Waals surface area (Å²) in [7, 11) is 1.56. The number of anilines is 2. The van der Waals surface area contributed by atoms with Gasteiger partial charge in [-0.05, 0) is 42.9 Å². The second kappa shape index (κ2) is 9.09. The van der Waals surface area contributed by atoms with Gasteiger partial charge in [0.1, 0.15) is 10.8 Å². The van der Waals surface area contributed by atoms with Crippen LogP contribution in [0.2, 0.25) is 0 Å². The Bertz CT molecular complexity index is 937. The van der Waals surface area contributed by atoms with E-state index in [4.69, 9.17) is 9.84 Å². The number of methoxy groups -OCH3 is 1. The predicted octanol–water partition coefficient (Wildman–Crippen LogP) is 3.94. The molecular formula is C21H24N2O5S. The molecule has 0 radical (unpaired) electrons. The van der Waals surface area contributed by atoms with Crippen molar-refractivity contribution in [3.05, 3.63) is 40.3 Å². The Morgan fingerprint density at radius 3 is 2.76 bits per heavy atom. The van der Waals surface area contributed by atoms with Crippen molar-refractivity contribution in [3.8, 4) is 5.75 Å². The molecule has 0 saturated heterocycles. The number of amides is 2. The highest BCUT2D eigenvalue weighted by Gasteiger charge is 2.28. The number of carbonyl (C=O) groups excluding carboxylic acids is 2. The van der Waals surface area contributed by atoms with Gasteiger partial charge in [-0.2, -0.15) is 0 Å². The number of carboxylic acids is 1. The summed E-state index contributed by atoms with van der Waals surface area (Å²) in [5.74, 6) is -0.582. The van der Waals surface area contributed by atoms with Crippen molar-refractivity contribution in [3.63, 3.8) is 0 Å². The third-order valence-electron chi connectivity index (χ3n) is 4.89. The quantitative estimate of drug-likeness (QED) is 0.634. The Hall–Kier alpha value is -2.87. The molecule has 0 unspecified atom stereocenters. The maximum Gasteiger partial charge on any atom is 0.303 e. The second-order valence-electron chi connectivity index (χ2n) is 7.18. The van der Waals surface area contributed by atoms with E-state index in [0.717, 1.165) is 29.7 Å². The number of hydrogen-bond donors (Lipinski definition) is 3. The molecule has 1 aromatic carbocycles. The summed E-state index contributed by atoms with van der Waals surface area (Å²) in [6.45, 7) is 2.17. The number of aliphatic carboxylic acids is 1. The fourth-order valence-corrected chi connectivity index (χ4v) is 4.81. The van der Waals surface area contributed by atoms with Gasteiger partial charge in [-0.3, -0.25) is 14.4 Å². The van der Waals surface area contributed by atoms with E-state index in [9.17, 15) is 14.4 Å². The van der Waals surface area contributed by atoms with Crippen LogP contribution >= 0.6 is 11.3 Å². The van der Waals surface area contributed by atoms with E-state index >= 15 is 0 Å². The predicted molar refractivity (Wildman–Crippen MR) is 112 cm³/mol. The zero-order valence-electron chi connectivity index (χ0n) is 16.4. The van der Waals surface area contributed by atoms with Crippen molar-refractivity contribution >= 4 is 39.8 Å². The van der Waals surface area contributed by atoms with Crippen LogP contribution in [0.3, 0.4) is 0 Å². The molecule has 2 aromatic rings. The molecule has 0 fully saturated rings. The standard InChI is InChI=1S/C21H24N2O5S/c1-12-6-7-15-16(10-12)29-21(23-17(24)8-9-18(25)26)19(15)20(27)22-13-4-3-5-14(11-13)28-2/h3-5,11-12H,6-10H2,1-2H3,(H,22,27)(H,23,24)(H,25,26)/t12-/m0/s1. The number of hydrogen-bond acceptors (Lipinski definition) is 5. The zero-order chi connectivity index (χ0) is 21.0. The molecule has 1 aliphatic rings. The molecule has 1 aliphatic carbocycles. The minimum atomic E-state index is -1.03. The summed E-state index contributed by atoms with van der Waals surface area (Å²) in [5, 5.41) is 14.9. The van der Waals surface area contributed by atoms with Crippen molar-refractivity contribution < 1.29 is 24.2 Å². The van der Waals surface area contributed by atoms with Crippen molar-refractivity contribution in [2.45, 2.75) is 39.0 Å². The SMILES string of the molecule is COc1cccc(NC(=O)c2c(NC(=O)CCC(=O)O)sc3c2CC[C@H](C)C3)c1. The van der Waals surface area contributed by atoms with E-state index in [1.165, 1.54) is 11.3 Å². The topological polar surface area (TPSA) is 105 Å². The number of carboxylic acid groups (broad SMARTS) is 1. The van der Waals surface area contributed by atoms with E-state index < -0.39 is 11.9 Å². The van der Waals surface area contributed by atoms with Gasteiger partial charge in [-0.1, -0.05) is 13.0 Å². The zero-order valence-corrected chi connectivity index (χ0v) is 17.2. The summed E-state index contributed by atoms with van der Waals surface area (Å²) >= 11 is 1.41. The molecule has 29 heavy (non-hydrogen) atoms. The average Bonchev–Trinajstić information content (AvgIpc) is 3.03. The number of benzene rings is 1. The van der Waals surface area contributed by atoms with Crippen LogP contribution in [-0.4, -0.2) is 30.0 Å². The van der Waals surface area contributed by atoms with Crippen molar-refractivity contribution in [1.29, 1.82) is 0 Å². The Morgan fingerprint density at radius 1 is 1.24 bits per heavy atom. The molecule has 0 aliphatic heterocycles. The Balaban J connectivity index is 1.87. The Kier molecular flexibility index (Phi) is 6.53. The van der Waals surface area contributed by atoms with Crippen LogP contribution in [0.25, 0.3) is 0 Å². The molecule has 154 valence electrons. The molecule has 1 atom stereocenters. The molecule has 2 amide bonds. The van der Waals surface area contributed by atoms with Crippen molar-refractivity contribution in [1.82, 2.24) is 0 Å².